The van der Waals surface area contributed by atoms with Gasteiger partial charge in [0.25, 0.3) is 5.69 Å². The van der Waals surface area contributed by atoms with Crippen molar-refractivity contribution in [2.75, 3.05) is 4.90 Å². The number of imide groups is 1. The molecule has 2 saturated heterocycles. The lowest BCUT2D eigenvalue weighted by Crippen LogP contribution is -2.46. The first-order valence-electron chi connectivity index (χ1n) is 16.3. The molecule has 2 heterocycles. The summed E-state index contributed by atoms with van der Waals surface area (Å²) in [6.45, 7) is 4.22. The van der Waals surface area contributed by atoms with E-state index in [9.17, 15) is 29.8 Å². The summed E-state index contributed by atoms with van der Waals surface area (Å²) in [6, 6.07) is 17.1. The Balaban J connectivity index is 1.31. The van der Waals surface area contributed by atoms with Crippen molar-refractivity contribution in [2.24, 2.45) is 17.8 Å². The molecule has 4 atom stereocenters. The van der Waals surface area contributed by atoms with Crippen LogP contribution in [0.4, 0.5) is 11.4 Å². The second-order valence-electron chi connectivity index (χ2n) is 12.7. The quantitative estimate of drug-likeness (QED) is 0.0803. The highest BCUT2D eigenvalue weighted by atomic mass is 16.6. The van der Waals surface area contributed by atoms with Gasteiger partial charge in [-0.25, -0.2) is 4.90 Å². The van der Waals surface area contributed by atoms with Gasteiger partial charge in [-0.2, -0.15) is 0 Å². The number of non-ortho nitro benzene ring substituents is 1. The number of allylic oxidation sites excluding steroid dienone is 2. The molecule has 3 aromatic rings. The molecule has 3 aromatic carbocycles. The summed E-state index contributed by atoms with van der Waals surface area (Å²) in [4.78, 5) is 39.8. The summed E-state index contributed by atoms with van der Waals surface area (Å²) in [5, 5.41) is 34.6. The van der Waals surface area contributed by atoms with Crippen LogP contribution in [0, 0.1) is 27.9 Å². The number of nitro benzene ring substituents is 1. The number of phenolic OH excluding ortho intramolecular Hbond substituents is 1. The van der Waals surface area contributed by atoms with Crippen LogP contribution in [-0.4, -0.2) is 40.1 Å². The van der Waals surface area contributed by atoms with Crippen LogP contribution < -0.4 is 4.90 Å². The molecule has 2 fully saturated rings. The molecule has 0 radical (unpaired) electrons. The van der Waals surface area contributed by atoms with Gasteiger partial charge in [0.15, 0.2) is 0 Å². The number of anilines is 1. The lowest BCUT2D eigenvalue weighted by atomic mass is 9.58. The molecule has 10 heteroatoms. The minimum atomic E-state index is -1.07. The molecular weight excluding hydrogens is 583 g/mol. The molecule has 0 bridgehead atoms. The first-order valence-corrected chi connectivity index (χ1v) is 16.3. The number of nitro groups is 1. The van der Waals surface area contributed by atoms with Gasteiger partial charge in [-0.15, -0.1) is 0 Å². The van der Waals surface area contributed by atoms with E-state index in [0.29, 0.717) is 12.8 Å². The zero-order chi connectivity index (χ0) is 32.5. The Morgan fingerprint density at radius 1 is 1.02 bits per heavy atom. The van der Waals surface area contributed by atoms with Gasteiger partial charge in [-0.1, -0.05) is 80.3 Å². The van der Waals surface area contributed by atoms with E-state index in [-0.39, 0.29) is 41.2 Å². The molecule has 0 aromatic heterocycles. The lowest BCUT2D eigenvalue weighted by Gasteiger charge is -2.43. The van der Waals surface area contributed by atoms with Gasteiger partial charge in [-0.3, -0.25) is 19.7 Å². The molecule has 1 aliphatic carbocycles. The third-order valence-electron chi connectivity index (χ3n) is 9.75. The highest BCUT2D eigenvalue weighted by Gasteiger charge is 2.57. The Morgan fingerprint density at radius 2 is 1.80 bits per heavy atom. The number of nitrogens with zero attached hydrogens (tertiary/aromatic N) is 2. The molecule has 2 N–H and O–H groups in total. The summed E-state index contributed by atoms with van der Waals surface area (Å²) >= 11 is 0. The third-order valence-corrected chi connectivity index (χ3v) is 9.75. The van der Waals surface area contributed by atoms with E-state index >= 15 is 0 Å². The van der Waals surface area contributed by atoms with E-state index in [1.165, 1.54) is 23.8 Å². The maximum absolute atomic E-state index is 14.0. The summed E-state index contributed by atoms with van der Waals surface area (Å²) < 4.78 is 6.21. The molecule has 6 rings (SSSR count). The van der Waals surface area contributed by atoms with Gasteiger partial charge in [-0.05, 0) is 73.0 Å². The summed E-state index contributed by atoms with van der Waals surface area (Å²) in [5.41, 5.74) is 4.45. The maximum atomic E-state index is 14.0. The van der Waals surface area contributed by atoms with E-state index in [4.69, 9.17) is 4.65 Å². The van der Waals surface area contributed by atoms with Gasteiger partial charge in [0.1, 0.15) is 5.75 Å². The number of phenols is 1. The minimum Gasteiger partial charge on any atom is -0.507 e. The molecule has 46 heavy (non-hydrogen) atoms. The standard InChI is InChI=1S/C36H39BN2O7/c1-3-8-22(18-23-15-16-31(40)28-13-6-5-12-27(23)28)14-17-32-33-24(9-4-2)19-29-34(30(33)21-37(43)46-32)36(42)38(35(29)41)25-10-7-11-26(20-25)39(44)45/h5-7,10-13,15-16,18,20,29-30,32,34,40,43H,3-4,8-9,14,17,19,21H2,1-2H3/b22-18+/t29-,30+,32-,34-/m1/s1. The fourth-order valence-corrected chi connectivity index (χ4v) is 7.86. The first-order chi connectivity index (χ1) is 22.2. The van der Waals surface area contributed by atoms with Gasteiger partial charge in [0.2, 0.25) is 11.8 Å². The van der Waals surface area contributed by atoms with Crippen LogP contribution in [-0.2, 0) is 14.2 Å². The van der Waals surface area contributed by atoms with E-state index < -0.39 is 30.0 Å². The van der Waals surface area contributed by atoms with Crippen molar-refractivity contribution in [3.63, 3.8) is 0 Å². The molecule has 238 valence electrons. The van der Waals surface area contributed by atoms with Gasteiger partial charge in [0.05, 0.1) is 28.6 Å². The van der Waals surface area contributed by atoms with Crippen LogP contribution in [0.2, 0.25) is 6.32 Å². The monoisotopic (exact) mass is 622 g/mol. The third kappa shape index (κ3) is 5.87. The second kappa shape index (κ2) is 13.2. The summed E-state index contributed by atoms with van der Waals surface area (Å²) in [7, 11) is -1.07. The largest absolute Gasteiger partial charge is 0.507 e. The van der Waals surface area contributed by atoms with Crippen LogP contribution in [0.1, 0.15) is 64.4 Å². The van der Waals surface area contributed by atoms with E-state index in [2.05, 4.69) is 19.9 Å². The fraction of sp³-hybridized carbons (Fsp3) is 0.389. The second-order valence-corrected chi connectivity index (χ2v) is 12.7. The number of carbonyl (C=O) groups excluding carboxylic acids is 2. The van der Waals surface area contributed by atoms with Crippen LogP contribution in [0.5, 0.6) is 5.75 Å². The minimum absolute atomic E-state index is 0.184. The number of hydrogen-bond donors (Lipinski definition) is 2. The first kappa shape index (κ1) is 31.7. The predicted octanol–water partition coefficient (Wildman–Crippen LogP) is 7.22. The van der Waals surface area contributed by atoms with Crippen molar-refractivity contribution >= 4 is 47.2 Å². The Morgan fingerprint density at radius 3 is 2.54 bits per heavy atom. The van der Waals surface area contributed by atoms with Crippen molar-refractivity contribution in [3.05, 3.63) is 93.1 Å². The zero-order valence-electron chi connectivity index (χ0n) is 26.2. The van der Waals surface area contributed by atoms with Crippen molar-refractivity contribution < 1.29 is 29.3 Å². The van der Waals surface area contributed by atoms with Crippen molar-refractivity contribution in [1.82, 2.24) is 0 Å². The molecular formula is C36H39BN2O7. The molecule has 0 saturated carbocycles. The highest BCUT2D eigenvalue weighted by molar-refractivity contribution is 6.43. The average Bonchev–Trinajstić information content (AvgIpc) is 3.30. The Hall–Kier alpha value is -4.28. The fourth-order valence-electron chi connectivity index (χ4n) is 7.86. The highest BCUT2D eigenvalue weighted by Crippen LogP contribution is 2.52. The SMILES string of the molecule is CCCC1=C2[C@@H](CC/C(=C/c3ccc(O)c4ccccc34)CCC)OB(O)C[C@@H]2[C@@H]2C(=O)N(c3cccc([N+](=O)[O-])c3)C(=O)[C@@H]2C1. The molecule has 9 nitrogen and oxygen atoms in total. The van der Waals surface area contributed by atoms with Crippen LogP contribution in [0.15, 0.2) is 77.4 Å². The van der Waals surface area contributed by atoms with Crippen molar-refractivity contribution in [2.45, 2.75) is 71.2 Å². The van der Waals surface area contributed by atoms with Crippen LogP contribution >= 0.6 is 0 Å². The zero-order valence-corrected chi connectivity index (χ0v) is 26.2. The number of aromatic hydroxyl groups is 1. The van der Waals surface area contributed by atoms with Crippen LogP contribution in [0.3, 0.4) is 0 Å². The maximum Gasteiger partial charge on any atom is 0.455 e. The van der Waals surface area contributed by atoms with Crippen molar-refractivity contribution in [1.29, 1.82) is 0 Å². The Bertz CT molecular complexity index is 1750. The number of rotatable bonds is 10. The van der Waals surface area contributed by atoms with E-state index in [1.54, 1.807) is 12.1 Å². The van der Waals surface area contributed by atoms with Crippen molar-refractivity contribution in [3.8, 4) is 5.75 Å². The number of benzene rings is 3. The smallest absolute Gasteiger partial charge is 0.455 e. The number of amides is 2. The Kier molecular flexibility index (Phi) is 9.11. The van der Waals surface area contributed by atoms with Gasteiger partial charge in [0, 0.05) is 17.5 Å². The molecule has 0 unspecified atom stereocenters. The molecule has 0 spiro atoms. The van der Waals surface area contributed by atoms with Crippen LogP contribution in [0.25, 0.3) is 16.8 Å². The number of fused-ring (bicyclic) bond motifs is 4. The Labute approximate surface area is 268 Å². The van der Waals surface area contributed by atoms with Gasteiger partial charge >= 0.3 is 7.12 Å². The number of carbonyl (C=O) groups is 2. The molecule has 2 amide bonds. The van der Waals surface area contributed by atoms with Gasteiger partial charge < -0.3 is 14.8 Å². The summed E-state index contributed by atoms with van der Waals surface area (Å²) in [5.74, 6) is -2.05. The topological polar surface area (TPSA) is 130 Å². The molecule has 2 aliphatic heterocycles. The lowest BCUT2D eigenvalue weighted by molar-refractivity contribution is -0.384. The predicted molar refractivity (Wildman–Crippen MR) is 178 cm³/mol. The van der Waals surface area contributed by atoms with E-state index in [1.807, 2.05) is 30.3 Å². The van der Waals surface area contributed by atoms with E-state index in [0.717, 1.165) is 64.5 Å². The normalized spacial score (nSPS) is 23.2. The number of hydrogen-bond acceptors (Lipinski definition) is 7. The molecule has 3 aliphatic rings. The average molecular weight is 623 g/mol. The summed E-state index contributed by atoms with van der Waals surface area (Å²) in [6.07, 6.45) is 7.25.